The zero-order chi connectivity index (χ0) is 20.1. The Kier molecular flexibility index (Phi) is 4.37. The van der Waals surface area contributed by atoms with Crippen molar-refractivity contribution in [3.8, 4) is 0 Å². The van der Waals surface area contributed by atoms with Gasteiger partial charge < -0.3 is 9.88 Å². The molecule has 0 aliphatic heterocycles. The predicted molar refractivity (Wildman–Crippen MR) is 117 cm³/mol. The monoisotopic (exact) mass is 374 g/mol. The van der Waals surface area contributed by atoms with Crippen LogP contribution in [0.1, 0.15) is 68.9 Å². The molecule has 1 aliphatic carbocycles. The number of nitrogens with one attached hydrogen (secondary N) is 1. The molecule has 1 aliphatic rings. The van der Waals surface area contributed by atoms with Crippen molar-refractivity contribution in [2.24, 2.45) is 0 Å². The number of amides is 1. The van der Waals surface area contributed by atoms with Crippen LogP contribution in [0.3, 0.4) is 0 Å². The van der Waals surface area contributed by atoms with Crippen molar-refractivity contribution in [3.63, 3.8) is 0 Å². The number of benzene rings is 2. The van der Waals surface area contributed by atoms with Gasteiger partial charge in [0.1, 0.15) is 0 Å². The van der Waals surface area contributed by atoms with Gasteiger partial charge >= 0.3 is 0 Å². The quantitative estimate of drug-likeness (QED) is 0.576. The molecule has 0 bridgehead atoms. The minimum atomic E-state index is -0.0451. The van der Waals surface area contributed by atoms with Crippen LogP contribution in [0.5, 0.6) is 0 Å². The summed E-state index contributed by atoms with van der Waals surface area (Å²) < 4.78 is 2.20. The van der Waals surface area contributed by atoms with E-state index >= 15 is 0 Å². The number of hydrogen-bond acceptors (Lipinski definition) is 1. The summed E-state index contributed by atoms with van der Waals surface area (Å²) in [6.45, 7) is 12.3. The summed E-state index contributed by atoms with van der Waals surface area (Å²) in [6, 6.07) is 14.4. The van der Waals surface area contributed by atoms with Crippen LogP contribution in [0.25, 0.3) is 10.9 Å². The lowest BCUT2D eigenvalue weighted by molar-refractivity contribution is 0.102. The highest BCUT2D eigenvalue weighted by molar-refractivity contribution is 6.05. The molecule has 3 aromatic rings. The summed E-state index contributed by atoms with van der Waals surface area (Å²) in [4.78, 5) is 13.0. The van der Waals surface area contributed by atoms with Crippen molar-refractivity contribution in [2.75, 3.05) is 5.32 Å². The number of hydrogen-bond donors (Lipinski definition) is 1. The Hall–Kier alpha value is -2.55. The Morgan fingerprint density at radius 1 is 0.964 bits per heavy atom. The summed E-state index contributed by atoms with van der Waals surface area (Å²) in [6.07, 6.45) is 4.41. The second-order valence-corrected chi connectivity index (χ2v) is 9.36. The maximum atomic E-state index is 13.0. The van der Waals surface area contributed by atoms with Crippen molar-refractivity contribution in [3.05, 3.63) is 65.4 Å². The first-order valence-electron chi connectivity index (χ1n) is 10.3. The molecule has 0 fully saturated rings. The fourth-order valence-electron chi connectivity index (χ4n) is 4.49. The van der Waals surface area contributed by atoms with Crippen LogP contribution in [0.15, 0.2) is 48.7 Å². The molecule has 146 valence electrons. The average molecular weight is 375 g/mol. The van der Waals surface area contributed by atoms with E-state index in [2.05, 4.69) is 75.0 Å². The average Bonchev–Trinajstić information content (AvgIpc) is 3.07. The summed E-state index contributed by atoms with van der Waals surface area (Å²) >= 11 is 0. The molecule has 1 heterocycles. The van der Waals surface area contributed by atoms with Gasteiger partial charge in [0.15, 0.2) is 0 Å². The normalized spacial score (nSPS) is 17.3. The van der Waals surface area contributed by atoms with Crippen molar-refractivity contribution in [1.82, 2.24) is 4.57 Å². The van der Waals surface area contributed by atoms with Crippen LogP contribution in [0.2, 0.25) is 0 Å². The number of rotatable bonds is 3. The van der Waals surface area contributed by atoms with Gasteiger partial charge in [-0.15, -0.1) is 0 Å². The Labute approximate surface area is 167 Å². The highest BCUT2D eigenvalue weighted by atomic mass is 16.1. The van der Waals surface area contributed by atoms with Crippen LogP contribution in [0.4, 0.5) is 5.69 Å². The zero-order valence-corrected chi connectivity index (χ0v) is 17.6. The van der Waals surface area contributed by atoms with E-state index in [4.69, 9.17) is 0 Å². The molecule has 28 heavy (non-hydrogen) atoms. The molecule has 0 atom stereocenters. The van der Waals surface area contributed by atoms with Crippen molar-refractivity contribution < 1.29 is 4.79 Å². The second-order valence-electron chi connectivity index (χ2n) is 9.36. The molecule has 3 nitrogen and oxygen atoms in total. The third-order valence-corrected chi connectivity index (χ3v) is 6.48. The van der Waals surface area contributed by atoms with E-state index in [0.717, 1.165) is 29.6 Å². The number of aromatic nitrogens is 1. The zero-order valence-electron chi connectivity index (χ0n) is 17.6. The van der Waals surface area contributed by atoms with Gasteiger partial charge in [-0.2, -0.15) is 0 Å². The smallest absolute Gasteiger partial charge is 0.255 e. The molecule has 3 heteroatoms. The van der Waals surface area contributed by atoms with Crippen LogP contribution in [0, 0.1) is 0 Å². The van der Waals surface area contributed by atoms with E-state index < -0.39 is 0 Å². The van der Waals surface area contributed by atoms with E-state index in [1.165, 1.54) is 23.1 Å². The molecule has 0 saturated carbocycles. The third-order valence-electron chi connectivity index (χ3n) is 6.48. The molecule has 4 rings (SSSR count). The van der Waals surface area contributed by atoms with Crippen LogP contribution < -0.4 is 5.32 Å². The first-order chi connectivity index (χ1) is 13.2. The first-order valence-corrected chi connectivity index (χ1v) is 10.3. The van der Waals surface area contributed by atoms with E-state index in [9.17, 15) is 4.79 Å². The molecule has 0 spiro atoms. The first kappa shape index (κ1) is 18.8. The van der Waals surface area contributed by atoms with Gasteiger partial charge in [-0.1, -0.05) is 33.8 Å². The lowest BCUT2D eigenvalue weighted by Gasteiger charge is -2.42. The van der Waals surface area contributed by atoms with Crippen LogP contribution >= 0.6 is 0 Å². The van der Waals surface area contributed by atoms with Gasteiger partial charge in [-0.3, -0.25) is 4.79 Å². The number of carbonyl (C=O) groups is 1. The van der Waals surface area contributed by atoms with Gasteiger partial charge in [0.2, 0.25) is 0 Å². The SMILES string of the molecule is CCn1ccc2cc(NC(=O)c3ccc4c(c3)C(C)(C)CCC4(C)C)ccc21. The van der Waals surface area contributed by atoms with E-state index in [-0.39, 0.29) is 16.7 Å². The summed E-state index contributed by atoms with van der Waals surface area (Å²) in [5, 5.41) is 4.23. The summed E-state index contributed by atoms with van der Waals surface area (Å²) in [7, 11) is 0. The van der Waals surface area contributed by atoms with E-state index in [0.29, 0.717) is 0 Å². The minimum Gasteiger partial charge on any atom is -0.348 e. The molecule has 2 aromatic carbocycles. The molecule has 0 saturated heterocycles. The Morgan fingerprint density at radius 2 is 1.68 bits per heavy atom. The number of fused-ring (bicyclic) bond motifs is 2. The second kappa shape index (κ2) is 6.51. The maximum absolute atomic E-state index is 13.0. The minimum absolute atomic E-state index is 0.0451. The number of anilines is 1. The van der Waals surface area contributed by atoms with Gasteiger partial charge in [0.05, 0.1) is 0 Å². The summed E-state index contributed by atoms with van der Waals surface area (Å²) in [5.41, 5.74) is 5.72. The van der Waals surface area contributed by atoms with Crippen LogP contribution in [-0.2, 0) is 17.4 Å². The Morgan fingerprint density at radius 3 is 2.39 bits per heavy atom. The van der Waals surface area contributed by atoms with Crippen molar-refractivity contribution in [1.29, 1.82) is 0 Å². The maximum Gasteiger partial charge on any atom is 0.255 e. The van der Waals surface area contributed by atoms with Gasteiger partial charge in [0.25, 0.3) is 5.91 Å². The lowest BCUT2D eigenvalue weighted by atomic mass is 9.63. The number of nitrogens with zero attached hydrogens (tertiary/aromatic N) is 1. The number of aryl methyl sites for hydroxylation is 1. The highest BCUT2D eigenvalue weighted by Gasteiger charge is 2.37. The van der Waals surface area contributed by atoms with Gasteiger partial charge in [-0.25, -0.2) is 0 Å². The fourth-order valence-corrected chi connectivity index (χ4v) is 4.49. The topological polar surface area (TPSA) is 34.0 Å². The van der Waals surface area contributed by atoms with Gasteiger partial charge in [0, 0.05) is 34.9 Å². The molecule has 0 radical (unpaired) electrons. The highest BCUT2D eigenvalue weighted by Crippen LogP contribution is 2.45. The lowest BCUT2D eigenvalue weighted by Crippen LogP contribution is -2.34. The molecule has 1 N–H and O–H groups in total. The molecule has 1 aromatic heterocycles. The predicted octanol–water partition coefficient (Wildman–Crippen LogP) is 6.26. The van der Waals surface area contributed by atoms with E-state index in [1.54, 1.807) is 0 Å². The Balaban J connectivity index is 1.64. The van der Waals surface area contributed by atoms with Crippen molar-refractivity contribution >= 4 is 22.5 Å². The largest absolute Gasteiger partial charge is 0.348 e. The fraction of sp³-hybridized carbons (Fsp3) is 0.400. The van der Waals surface area contributed by atoms with E-state index in [1.807, 2.05) is 18.2 Å². The number of carbonyl (C=O) groups excluding carboxylic acids is 1. The van der Waals surface area contributed by atoms with Crippen molar-refractivity contribution in [2.45, 2.75) is 64.8 Å². The molecular weight excluding hydrogens is 344 g/mol. The summed E-state index contributed by atoms with van der Waals surface area (Å²) in [5.74, 6) is -0.0451. The molecule has 1 amide bonds. The Bertz CT molecular complexity index is 1060. The third kappa shape index (κ3) is 3.13. The standard InChI is InChI=1S/C25H30N2O/c1-6-27-14-11-17-15-19(8-10-22(17)27)26-23(28)18-7-9-20-21(16-18)25(4,5)13-12-24(20,2)3/h7-11,14-16H,6,12-13H2,1-5H3,(H,26,28). The van der Waals surface area contributed by atoms with Gasteiger partial charge in [-0.05, 0) is 78.1 Å². The molecular formula is C25H30N2O. The molecule has 0 unspecified atom stereocenters. The van der Waals surface area contributed by atoms with Crippen LogP contribution in [-0.4, -0.2) is 10.5 Å².